The lowest BCUT2D eigenvalue weighted by molar-refractivity contribution is 0.0767. The minimum Gasteiger partial charge on any atom is -0.372 e. The number of rotatable bonds is 8. The molecule has 1 amide bonds. The van der Waals surface area contributed by atoms with E-state index in [0.717, 1.165) is 24.3 Å². The average molecular weight is 355 g/mol. The van der Waals surface area contributed by atoms with Crippen LogP contribution in [0, 0.1) is 6.92 Å². The smallest absolute Gasteiger partial charge is 0.272 e. The second-order valence-corrected chi connectivity index (χ2v) is 6.06. The van der Waals surface area contributed by atoms with Crippen molar-refractivity contribution >= 4 is 23.1 Å². The van der Waals surface area contributed by atoms with Gasteiger partial charge in [-0.2, -0.15) is 0 Å². The number of nitrogens with zero attached hydrogens (tertiary/aromatic N) is 4. The van der Waals surface area contributed by atoms with Crippen LogP contribution >= 0.6 is 0 Å². The fourth-order valence-electron chi connectivity index (χ4n) is 2.93. The Balaban J connectivity index is 2.21. The predicted octanol–water partition coefficient (Wildman–Crippen LogP) is 3.86. The number of amides is 1. The number of hydrogen-bond acceptors (Lipinski definition) is 5. The zero-order valence-electron chi connectivity index (χ0n) is 16.4. The minimum absolute atomic E-state index is 0.0750. The first-order valence-corrected chi connectivity index (χ1v) is 9.27. The molecule has 0 saturated heterocycles. The van der Waals surface area contributed by atoms with E-state index in [0.29, 0.717) is 24.6 Å². The van der Waals surface area contributed by atoms with Gasteiger partial charge in [-0.25, -0.2) is 9.97 Å². The third kappa shape index (κ3) is 4.50. The van der Waals surface area contributed by atoms with Crippen molar-refractivity contribution in [2.24, 2.45) is 0 Å². The molecule has 26 heavy (non-hydrogen) atoms. The second-order valence-electron chi connectivity index (χ2n) is 6.06. The van der Waals surface area contributed by atoms with E-state index in [1.54, 1.807) is 11.0 Å². The normalized spacial score (nSPS) is 10.5. The Morgan fingerprint density at radius 3 is 2.27 bits per heavy atom. The highest BCUT2D eigenvalue weighted by atomic mass is 16.2. The molecule has 0 unspecified atom stereocenters. The lowest BCUT2D eigenvalue weighted by Crippen LogP contribution is -2.31. The van der Waals surface area contributed by atoms with Gasteiger partial charge in [0.25, 0.3) is 5.91 Å². The first kappa shape index (κ1) is 19.7. The largest absolute Gasteiger partial charge is 0.372 e. The van der Waals surface area contributed by atoms with Crippen LogP contribution in [0.4, 0.5) is 17.2 Å². The van der Waals surface area contributed by atoms with Gasteiger partial charge in [0.1, 0.15) is 17.8 Å². The van der Waals surface area contributed by atoms with E-state index in [9.17, 15) is 4.79 Å². The SMILES string of the molecule is CCN(CC)C(=O)c1cc(Nc2ccc(N(CC)CC)cc2C)ncn1. The molecule has 2 aromatic rings. The Labute approximate surface area is 156 Å². The maximum Gasteiger partial charge on any atom is 0.272 e. The van der Waals surface area contributed by atoms with Crippen LogP contribution in [0.2, 0.25) is 0 Å². The van der Waals surface area contributed by atoms with Gasteiger partial charge >= 0.3 is 0 Å². The molecule has 2 rings (SSSR count). The fourth-order valence-corrected chi connectivity index (χ4v) is 2.93. The van der Waals surface area contributed by atoms with E-state index in [4.69, 9.17) is 0 Å². The highest BCUT2D eigenvalue weighted by molar-refractivity contribution is 5.93. The zero-order chi connectivity index (χ0) is 19.1. The number of aromatic nitrogens is 2. The molecule has 0 radical (unpaired) electrons. The van der Waals surface area contributed by atoms with Crippen LogP contribution in [-0.2, 0) is 0 Å². The van der Waals surface area contributed by atoms with E-state index in [1.165, 1.54) is 12.0 Å². The van der Waals surface area contributed by atoms with Gasteiger partial charge in [-0.05, 0) is 58.4 Å². The summed E-state index contributed by atoms with van der Waals surface area (Å²) < 4.78 is 0. The van der Waals surface area contributed by atoms with Crippen molar-refractivity contribution < 1.29 is 4.79 Å². The Morgan fingerprint density at radius 1 is 1.00 bits per heavy atom. The number of nitrogens with one attached hydrogen (secondary N) is 1. The molecule has 1 heterocycles. The molecule has 0 aliphatic carbocycles. The Bertz CT molecular complexity index is 739. The van der Waals surface area contributed by atoms with Crippen molar-refractivity contribution in [2.75, 3.05) is 36.4 Å². The van der Waals surface area contributed by atoms with E-state index in [2.05, 4.69) is 59.2 Å². The topological polar surface area (TPSA) is 61.4 Å². The van der Waals surface area contributed by atoms with Gasteiger partial charge in [0.15, 0.2) is 0 Å². The number of anilines is 3. The molecule has 1 N–H and O–H groups in total. The van der Waals surface area contributed by atoms with Crippen LogP contribution in [0.3, 0.4) is 0 Å². The van der Waals surface area contributed by atoms with Crippen molar-refractivity contribution in [1.29, 1.82) is 0 Å². The van der Waals surface area contributed by atoms with Crippen molar-refractivity contribution in [3.63, 3.8) is 0 Å². The average Bonchev–Trinajstić information content (AvgIpc) is 2.66. The van der Waals surface area contributed by atoms with Gasteiger partial charge in [0.05, 0.1) is 0 Å². The number of hydrogen-bond donors (Lipinski definition) is 1. The summed E-state index contributed by atoms with van der Waals surface area (Å²) in [6.07, 6.45) is 1.43. The summed E-state index contributed by atoms with van der Waals surface area (Å²) in [4.78, 5) is 24.9. The number of benzene rings is 1. The van der Waals surface area contributed by atoms with Gasteiger partial charge in [-0.1, -0.05) is 0 Å². The maximum absolute atomic E-state index is 12.5. The van der Waals surface area contributed by atoms with Crippen LogP contribution in [0.1, 0.15) is 43.7 Å². The van der Waals surface area contributed by atoms with E-state index < -0.39 is 0 Å². The summed E-state index contributed by atoms with van der Waals surface area (Å²) in [5.74, 6) is 0.545. The van der Waals surface area contributed by atoms with Crippen LogP contribution < -0.4 is 10.2 Å². The highest BCUT2D eigenvalue weighted by Crippen LogP contribution is 2.25. The van der Waals surface area contributed by atoms with Gasteiger partial charge in [0.2, 0.25) is 0 Å². The lowest BCUT2D eigenvalue weighted by atomic mass is 10.1. The quantitative estimate of drug-likeness (QED) is 0.779. The summed E-state index contributed by atoms with van der Waals surface area (Å²) >= 11 is 0. The van der Waals surface area contributed by atoms with Crippen LogP contribution in [0.25, 0.3) is 0 Å². The number of carbonyl (C=O) groups excluding carboxylic acids is 1. The molecular formula is C20H29N5O. The predicted molar refractivity (Wildman–Crippen MR) is 107 cm³/mol. The molecule has 6 nitrogen and oxygen atoms in total. The Kier molecular flexibility index (Phi) is 6.95. The molecule has 1 aromatic heterocycles. The summed E-state index contributed by atoms with van der Waals surface area (Å²) in [5.41, 5.74) is 3.72. The first-order valence-electron chi connectivity index (χ1n) is 9.27. The molecule has 0 atom stereocenters. The molecule has 0 saturated carbocycles. The minimum atomic E-state index is -0.0750. The molecule has 1 aromatic carbocycles. The van der Waals surface area contributed by atoms with Gasteiger partial charge in [-0.3, -0.25) is 4.79 Å². The standard InChI is InChI=1S/C20H29N5O/c1-6-24(7-2)16-10-11-17(15(5)12-16)23-19-13-18(21-14-22-19)20(26)25(8-3)9-4/h10-14H,6-9H2,1-5H3,(H,21,22,23). The van der Waals surface area contributed by atoms with E-state index in [1.807, 2.05) is 13.8 Å². The van der Waals surface area contributed by atoms with Crippen LogP contribution in [-0.4, -0.2) is 47.0 Å². The van der Waals surface area contributed by atoms with Crippen molar-refractivity contribution in [3.05, 3.63) is 41.9 Å². The molecule has 0 aliphatic heterocycles. The maximum atomic E-state index is 12.5. The van der Waals surface area contributed by atoms with Crippen molar-refractivity contribution in [1.82, 2.24) is 14.9 Å². The van der Waals surface area contributed by atoms with E-state index >= 15 is 0 Å². The monoisotopic (exact) mass is 355 g/mol. The van der Waals surface area contributed by atoms with Crippen LogP contribution in [0.5, 0.6) is 0 Å². The third-order valence-corrected chi connectivity index (χ3v) is 4.54. The summed E-state index contributed by atoms with van der Waals surface area (Å²) in [7, 11) is 0. The van der Waals surface area contributed by atoms with Gasteiger partial charge < -0.3 is 15.1 Å². The Hall–Kier alpha value is -2.63. The molecule has 140 valence electrons. The van der Waals surface area contributed by atoms with Crippen LogP contribution in [0.15, 0.2) is 30.6 Å². The number of aryl methyl sites for hydroxylation is 1. The molecule has 0 spiro atoms. The number of carbonyl (C=O) groups is 1. The fraction of sp³-hybridized carbons (Fsp3) is 0.450. The third-order valence-electron chi connectivity index (χ3n) is 4.54. The molecule has 0 bridgehead atoms. The molecular weight excluding hydrogens is 326 g/mol. The summed E-state index contributed by atoms with van der Waals surface area (Å²) in [5, 5.41) is 3.30. The summed E-state index contributed by atoms with van der Waals surface area (Å²) in [6, 6.07) is 8.03. The highest BCUT2D eigenvalue weighted by Gasteiger charge is 2.15. The molecule has 0 aliphatic rings. The Morgan fingerprint density at radius 2 is 1.69 bits per heavy atom. The van der Waals surface area contributed by atoms with Gasteiger partial charge in [0, 0.05) is 43.6 Å². The zero-order valence-corrected chi connectivity index (χ0v) is 16.4. The lowest BCUT2D eigenvalue weighted by Gasteiger charge is -2.22. The van der Waals surface area contributed by atoms with Crippen molar-refractivity contribution in [3.8, 4) is 0 Å². The summed E-state index contributed by atoms with van der Waals surface area (Å²) in [6.45, 7) is 13.6. The van der Waals surface area contributed by atoms with Gasteiger partial charge in [-0.15, -0.1) is 0 Å². The van der Waals surface area contributed by atoms with Crippen molar-refractivity contribution in [2.45, 2.75) is 34.6 Å². The second kappa shape index (κ2) is 9.17. The molecule has 6 heteroatoms. The first-order chi connectivity index (χ1) is 12.5. The van der Waals surface area contributed by atoms with E-state index in [-0.39, 0.29) is 5.91 Å². The molecule has 0 fully saturated rings.